The molecule has 3 atom stereocenters. The molecule has 3 unspecified atom stereocenters. The highest BCUT2D eigenvalue weighted by molar-refractivity contribution is 8.00. The number of rotatable bonds is 3. The summed E-state index contributed by atoms with van der Waals surface area (Å²) < 4.78 is 31.7. The number of carbonyl (C=O) groups is 1. The Kier molecular flexibility index (Phi) is 4.79. The Balaban J connectivity index is 2.16. The van der Waals surface area contributed by atoms with E-state index in [0.29, 0.717) is 31.2 Å². The molecule has 0 amide bonds. The quantitative estimate of drug-likeness (QED) is 0.731. The number of methoxy groups -OCH3 is 1. The lowest BCUT2D eigenvalue weighted by Gasteiger charge is -2.33. The van der Waals surface area contributed by atoms with Crippen LogP contribution < -0.4 is 0 Å². The number of nitrogens with zero attached hydrogens (tertiary/aromatic N) is 1. The lowest BCUT2D eigenvalue weighted by atomic mass is 10.1. The van der Waals surface area contributed by atoms with Crippen LogP contribution in [0.15, 0.2) is 0 Å². The predicted octanol–water partition coefficient (Wildman–Crippen LogP) is 1.10. The molecule has 1 heterocycles. The molecule has 2 rings (SSSR count). The third-order valence-electron chi connectivity index (χ3n) is 3.90. The summed E-state index contributed by atoms with van der Waals surface area (Å²) in [5.74, 6) is -0.0406. The maximum absolute atomic E-state index is 12.7. The van der Waals surface area contributed by atoms with Gasteiger partial charge in [-0.25, -0.2) is 8.42 Å². The van der Waals surface area contributed by atoms with Gasteiger partial charge >= 0.3 is 5.97 Å². The van der Waals surface area contributed by atoms with Crippen LogP contribution in [0.4, 0.5) is 0 Å². The van der Waals surface area contributed by atoms with E-state index >= 15 is 0 Å². The molecule has 1 aliphatic carbocycles. The van der Waals surface area contributed by atoms with Gasteiger partial charge in [-0.05, 0) is 12.8 Å². The standard InChI is InChI=1S/C12H21NO4S2/c1-9-8-13(6-7-18-9)19(15,16)11-5-3-4-10(11)12(14)17-2/h9-11H,3-8H2,1-2H3. The number of hydrogen-bond acceptors (Lipinski definition) is 5. The van der Waals surface area contributed by atoms with E-state index in [2.05, 4.69) is 0 Å². The molecular formula is C12H21NO4S2. The molecule has 0 bridgehead atoms. The van der Waals surface area contributed by atoms with Gasteiger partial charge in [-0.1, -0.05) is 13.3 Å². The lowest BCUT2D eigenvalue weighted by Crippen LogP contribution is -2.47. The normalized spacial score (nSPS) is 33.3. The van der Waals surface area contributed by atoms with Gasteiger partial charge in [0.05, 0.1) is 18.3 Å². The maximum Gasteiger partial charge on any atom is 0.310 e. The average molecular weight is 307 g/mol. The first-order valence-electron chi connectivity index (χ1n) is 6.65. The van der Waals surface area contributed by atoms with E-state index in [1.165, 1.54) is 7.11 Å². The van der Waals surface area contributed by atoms with Crippen LogP contribution in [-0.4, -0.2) is 55.1 Å². The lowest BCUT2D eigenvalue weighted by molar-refractivity contribution is -0.145. The summed E-state index contributed by atoms with van der Waals surface area (Å²) in [5.41, 5.74) is 0. The molecule has 110 valence electrons. The minimum Gasteiger partial charge on any atom is -0.469 e. The molecule has 0 radical (unpaired) electrons. The molecule has 19 heavy (non-hydrogen) atoms. The van der Waals surface area contributed by atoms with Gasteiger partial charge in [0.2, 0.25) is 10.0 Å². The summed E-state index contributed by atoms with van der Waals surface area (Å²) >= 11 is 1.79. The molecular weight excluding hydrogens is 286 g/mol. The highest BCUT2D eigenvalue weighted by Crippen LogP contribution is 2.35. The topological polar surface area (TPSA) is 63.7 Å². The molecule has 0 spiro atoms. The minimum atomic E-state index is -3.38. The minimum absolute atomic E-state index is 0.321. The van der Waals surface area contributed by atoms with Crippen molar-refractivity contribution in [1.29, 1.82) is 0 Å². The third kappa shape index (κ3) is 3.08. The molecule has 0 aromatic heterocycles. The molecule has 0 aromatic carbocycles. The van der Waals surface area contributed by atoms with Crippen molar-refractivity contribution < 1.29 is 17.9 Å². The third-order valence-corrected chi connectivity index (χ3v) is 7.42. The first-order chi connectivity index (χ1) is 8.96. The number of thioether (sulfide) groups is 1. The van der Waals surface area contributed by atoms with Crippen molar-refractivity contribution in [2.24, 2.45) is 5.92 Å². The van der Waals surface area contributed by atoms with Crippen LogP contribution in [0, 0.1) is 5.92 Å². The van der Waals surface area contributed by atoms with Gasteiger partial charge in [-0.2, -0.15) is 16.1 Å². The van der Waals surface area contributed by atoms with E-state index in [1.807, 2.05) is 6.92 Å². The molecule has 0 aromatic rings. The Morgan fingerprint density at radius 2 is 2.11 bits per heavy atom. The van der Waals surface area contributed by atoms with Crippen LogP contribution in [0.3, 0.4) is 0 Å². The van der Waals surface area contributed by atoms with E-state index in [1.54, 1.807) is 16.1 Å². The van der Waals surface area contributed by atoms with Gasteiger partial charge in [0, 0.05) is 24.1 Å². The van der Waals surface area contributed by atoms with Crippen LogP contribution in [0.25, 0.3) is 0 Å². The molecule has 1 saturated heterocycles. The van der Waals surface area contributed by atoms with Gasteiger partial charge in [-0.3, -0.25) is 4.79 Å². The second-order valence-corrected chi connectivity index (χ2v) is 8.88. The van der Waals surface area contributed by atoms with Crippen LogP contribution in [0.5, 0.6) is 0 Å². The van der Waals surface area contributed by atoms with Crippen molar-refractivity contribution in [2.45, 2.75) is 36.7 Å². The van der Waals surface area contributed by atoms with Crippen molar-refractivity contribution in [3.8, 4) is 0 Å². The fourth-order valence-electron chi connectivity index (χ4n) is 2.91. The number of sulfonamides is 1. The monoisotopic (exact) mass is 307 g/mol. The van der Waals surface area contributed by atoms with E-state index in [4.69, 9.17) is 4.74 Å². The Bertz CT molecular complexity index is 437. The van der Waals surface area contributed by atoms with Crippen LogP contribution in [0.1, 0.15) is 26.2 Å². The summed E-state index contributed by atoms with van der Waals surface area (Å²) in [5, 5.41) is -0.267. The second-order valence-electron chi connectivity index (χ2n) is 5.18. The number of hydrogen-bond donors (Lipinski definition) is 0. The highest BCUT2D eigenvalue weighted by atomic mass is 32.2. The molecule has 1 aliphatic heterocycles. The zero-order chi connectivity index (χ0) is 14.0. The summed E-state index contributed by atoms with van der Waals surface area (Å²) in [4.78, 5) is 11.7. The Hall–Kier alpha value is -0.270. The smallest absolute Gasteiger partial charge is 0.310 e. The Labute approximate surface area is 119 Å². The number of carbonyl (C=O) groups excluding carboxylic acids is 1. The SMILES string of the molecule is COC(=O)C1CCCC1S(=O)(=O)N1CCSC(C)C1. The van der Waals surface area contributed by atoms with Crippen molar-refractivity contribution in [2.75, 3.05) is 26.0 Å². The Morgan fingerprint density at radius 1 is 1.37 bits per heavy atom. The summed E-state index contributed by atoms with van der Waals surface area (Å²) in [6.07, 6.45) is 1.97. The first kappa shape index (κ1) is 15.1. The molecule has 5 nitrogen and oxygen atoms in total. The van der Waals surface area contributed by atoms with Crippen LogP contribution in [-0.2, 0) is 19.6 Å². The zero-order valence-corrected chi connectivity index (χ0v) is 13.0. The van der Waals surface area contributed by atoms with E-state index in [0.717, 1.165) is 12.2 Å². The van der Waals surface area contributed by atoms with Gasteiger partial charge in [-0.15, -0.1) is 0 Å². The van der Waals surface area contributed by atoms with Gasteiger partial charge in [0.25, 0.3) is 0 Å². The van der Waals surface area contributed by atoms with Crippen molar-refractivity contribution >= 4 is 27.8 Å². The fourth-order valence-corrected chi connectivity index (χ4v) is 6.42. The Morgan fingerprint density at radius 3 is 2.74 bits per heavy atom. The van der Waals surface area contributed by atoms with Crippen molar-refractivity contribution in [3.63, 3.8) is 0 Å². The summed E-state index contributed by atoms with van der Waals surface area (Å²) in [6, 6.07) is 0. The zero-order valence-electron chi connectivity index (χ0n) is 11.4. The second kappa shape index (κ2) is 6.01. The number of esters is 1. The summed E-state index contributed by atoms with van der Waals surface area (Å²) in [7, 11) is -2.06. The highest BCUT2D eigenvalue weighted by Gasteiger charge is 2.45. The first-order valence-corrected chi connectivity index (χ1v) is 9.20. The van der Waals surface area contributed by atoms with E-state index < -0.39 is 21.2 Å². The predicted molar refractivity (Wildman–Crippen MR) is 75.6 cm³/mol. The molecule has 2 fully saturated rings. The van der Waals surface area contributed by atoms with Gasteiger partial charge in [0.15, 0.2) is 0 Å². The molecule has 0 N–H and O–H groups in total. The van der Waals surface area contributed by atoms with Gasteiger partial charge < -0.3 is 4.74 Å². The summed E-state index contributed by atoms with van der Waals surface area (Å²) in [6.45, 7) is 3.15. The fraction of sp³-hybridized carbons (Fsp3) is 0.917. The average Bonchev–Trinajstić information content (AvgIpc) is 2.87. The van der Waals surface area contributed by atoms with Crippen LogP contribution in [0.2, 0.25) is 0 Å². The van der Waals surface area contributed by atoms with Crippen molar-refractivity contribution in [3.05, 3.63) is 0 Å². The van der Waals surface area contributed by atoms with Gasteiger partial charge in [0.1, 0.15) is 0 Å². The van der Waals surface area contributed by atoms with Crippen LogP contribution >= 0.6 is 11.8 Å². The molecule has 1 saturated carbocycles. The maximum atomic E-state index is 12.7. The molecule has 7 heteroatoms. The number of ether oxygens (including phenoxy) is 1. The van der Waals surface area contributed by atoms with E-state index in [-0.39, 0.29) is 5.97 Å². The largest absolute Gasteiger partial charge is 0.469 e. The van der Waals surface area contributed by atoms with E-state index in [9.17, 15) is 13.2 Å². The molecule has 2 aliphatic rings. The van der Waals surface area contributed by atoms with Crippen molar-refractivity contribution in [1.82, 2.24) is 4.31 Å².